The van der Waals surface area contributed by atoms with Crippen LogP contribution in [0.25, 0.3) is 0 Å². The van der Waals surface area contributed by atoms with Crippen LogP contribution in [0.2, 0.25) is 0 Å². The number of rotatable bonds is 5. The first-order chi connectivity index (χ1) is 9.99. The SMILES string of the molecule is NCc1ccc(CNCc2cccc(C(F)(F)F)c2)cc1. The van der Waals surface area contributed by atoms with Crippen molar-refractivity contribution in [2.24, 2.45) is 5.73 Å². The van der Waals surface area contributed by atoms with Crippen molar-refractivity contribution in [2.75, 3.05) is 0 Å². The van der Waals surface area contributed by atoms with Gasteiger partial charge in [0.05, 0.1) is 5.56 Å². The van der Waals surface area contributed by atoms with Gasteiger partial charge in [-0.15, -0.1) is 0 Å². The average molecular weight is 294 g/mol. The highest BCUT2D eigenvalue weighted by atomic mass is 19.4. The minimum Gasteiger partial charge on any atom is -0.326 e. The van der Waals surface area contributed by atoms with Crippen molar-refractivity contribution in [3.05, 3.63) is 70.8 Å². The fourth-order valence-corrected chi connectivity index (χ4v) is 2.00. The van der Waals surface area contributed by atoms with Crippen LogP contribution in [0.5, 0.6) is 0 Å². The van der Waals surface area contributed by atoms with E-state index in [1.807, 2.05) is 24.3 Å². The second-order valence-electron chi connectivity index (χ2n) is 4.82. The van der Waals surface area contributed by atoms with E-state index < -0.39 is 11.7 Å². The molecule has 0 saturated carbocycles. The molecule has 0 spiro atoms. The maximum absolute atomic E-state index is 12.6. The molecule has 0 heterocycles. The normalized spacial score (nSPS) is 11.6. The van der Waals surface area contributed by atoms with Crippen LogP contribution in [0.15, 0.2) is 48.5 Å². The molecule has 112 valence electrons. The molecule has 0 aliphatic rings. The Bertz CT molecular complexity index is 577. The van der Waals surface area contributed by atoms with Crippen molar-refractivity contribution in [3.8, 4) is 0 Å². The number of hydrogen-bond acceptors (Lipinski definition) is 2. The molecule has 0 aliphatic carbocycles. The Morgan fingerprint density at radius 3 is 2.10 bits per heavy atom. The van der Waals surface area contributed by atoms with Crippen LogP contribution in [-0.2, 0) is 25.8 Å². The lowest BCUT2D eigenvalue weighted by Crippen LogP contribution is -2.14. The first-order valence-electron chi connectivity index (χ1n) is 6.64. The van der Waals surface area contributed by atoms with Gasteiger partial charge in [0.15, 0.2) is 0 Å². The predicted molar refractivity (Wildman–Crippen MR) is 76.3 cm³/mol. The van der Waals surface area contributed by atoms with Crippen molar-refractivity contribution in [2.45, 2.75) is 25.8 Å². The molecule has 0 atom stereocenters. The van der Waals surface area contributed by atoms with Gasteiger partial charge >= 0.3 is 6.18 Å². The number of hydrogen-bond donors (Lipinski definition) is 2. The molecule has 2 nitrogen and oxygen atoms in total. The number of halogens is 3. The van der Waals surface area contributed by atoms with Gasteiger partial charge in [0.1, 0.15) is 0 Å². The standard InChI is InChI=1S/C16H17F3N2/c17-16(18,19)15-3-1-2-14(8-15)11-21-10-13-6-4-12(9-20)5-7-13/h1-8,21H,9-11,20H2. The summed E-state index contributed by atoms with van der Waals surface area (Å²) in [7, 11) is 0. The molecule has 0 amide bonds. The van der Waals surface area contributed by atoms with Crippen molar-refractivity contribution in [3.63, 3.8) is 0 Å². The van der Waals surface area contributed by atoms with Crippen LogP contribution < -0.4 is 11.1 Å². The van der Waals surface area contributed by atoms with Gasteiger partial charge < -0.3 is 11.1 Å². The molecule has 3 N–H and O–H groups in total. The monoisotopic (exact) mass is 294 g/mol. The molecule has 21 heavy (non-hydrogen) atoms. The average Bonchev–Trinajstić information content (AvgIpc) is 2.47. The lowest BCUT2D eigenvalue weighted by atomic mass is 10.1. The van der Waals surface area contributed by atoms with E-state index >= 15 is 0 Å². The van der Waals surface area contributed by atoms with Crippen LogP contribution in [0.1, 0.15) is 22.3 Å². The summed E-state index contributed by atoms with van der Waals surface area (Å²) in [5, 5.41) is 3.14. The summed E-state index contributed by atoms with van der Waals surface area (Å²) >= 11 is 0. The van der Waals surface area contributed by atoms with E-state index in [1.165, 1.54) is 12.1 Å². The Labute approximate surface area is 121 Å². The summed E-state index contributed by atoms with van der Waals surface area (Å²) in [5.74, 6) is 0. The van der Waals surface area contributed by atoms with Gasteiger partial charge in [0, 0.05) is 19.6 Å². The van der Waals surface area contributed by atoms with Gasteiger partial charge in [0.2, 0.25) is 0 Å². The lowest BCUT2D eigenvalue weighted by Gasteiger charge is -2.10. The van der Waals surface area contributed by atoms with E-state index in [2.05, 4.69) is 5.32 Å². The Morgan fingerprint density at radius 2 is 1.48 bits per heavy atom. The molecule has 0 radical (unpaired) electrons. The minimum absolute atomic E-state index is 0.391. The highest BCUT2D eigenvalue weighted by Gasteiger charge is 2.30. The zero-order valence-electron chi connectivity index (χ0n) is 11.5. The van der Waals surface area contributed by atoms with Gasteiger partial charge in [-0.25, -0.2) is 0 Å². The molecule has 2 aromatic rings. The van der Waals surface area contributed by atoms with E-state index in [0.29, 0.717) is 25.2 Å². The summed E-state index contributed by atoms with van der Waals surface area (Å²) in [5.41, 5.74) is 7.64. The van der Waals surface area contributed by atoms with Crippen LogP contribution in [0.3, 0.4) is 0 Å². The quantitative estimate of drug-likeness (QED) is 0.886. The highest BCUT2D eigenvalue weighted by molar-refractivity contribution is 5.26. The summed E-state index contributed by atoms with van der Waals surface area (Å²) in [6.07, 6.45) is -4.30. The smallest absolute Gasteiger partial charge is 0.326 e. The molecular weight excluding hydrogens is 277 g/mol. The van der Waals surface area contributed by atoms with Gasteiger partial charge in [-0.1, -0.05) is 42.5 Å². The van der Waals surface area contributed by atoms with E-state index in [4.69, 9.17) is 5.73 Å². The second-order valence-corrected chi connectivity index (χ2v) is 4.82. The van der Waals surface area contributed by atoms with Gasteiger partial charge in [0.25, 0.3) is 0 Å². The third-order valence-corrected chi connectivity index (χ3v) is 3.17. The van der Waals surface area contributed by atoms with Crippen LogP contribution in [0, 0.1) is 0 Å². The van der Waals surface area contributed by atoms with Crippen LogP contribution >= 0.6 is 0 Å². The summed E-state index contributed by atoms with van der Waals surface area (Å²) in [6, 6.07) is 13.2. The fourth-order valence-electron chi connectivity index (χ4n) is 2.00. The predicted octanol–water partition coefficient (Wildman–Crippen LogP) is 3.45. The Balaban J connectivity index is 1.91. The number of nitrogens with one attached hydrogen (secondary N) is 1. The number of benzene rings is 2. The molecule has 2 aromatic carbocycles. The summed E-state index contributed by atoms with van der Waals surface area (Å²) in [4.78, 5) is 0. The van der Waals surface area contributed by atoms with E-state index in [-0.39, 0.29) is 0 Å². The molecule has 0 bridgehead atoms. The maximum atomic E-state index is 12.6. The van der Waals surface area contributed by atoms with Crippen molar-refractivity contribution < 1.29 is 13.2 Å². The zero-order chi connectivity index (χ0) is 15.3. The number of alkyl halides is 3. The molecule has 0 fully saturated rings. The molecule has 0 saturated heterocycles. The van der Waals surface area contributed by atoms with Gasteiger partial charge in [-0.3, -0.25) is 0 Å². The molecule has 5 heteroatoms. The van der Waals surface area contributed by atoms with Gasteiger partial charge in [-0.05, 0) is 22.8 Å². The third kappa shape index (κ3) is 4.58. The maximum Gasteiger partial charge on any atom is 0.416 e. The van der Waals surface area contributed by atoms with E-state index in [0.717, 1.165) is 17.2 Å². The molecule has 2 rings (SSSR count). The van der Waals surface area contributed by atoms with Crippen molar-refractivity contribution >= 4 is 0 Å². The fraction of sp³-hybridized carbons (Fsp3) is 0.250. The zero-order valence-corrected chi connectivity index (χ0v) is 11.5. The summed E-state index contributed by atoms with van der Waals surface area (Å²) in [6.45, 7) is 1.49. The largest absolute Gasteiger partial charge is 0.416 e. The van der Waals surface area contributed by atoms with Crippen LogP contribution in [0.4, 0.5) is 13.2 Å². The number of nitrogens with two attached hydrogens (primary N) is 1. The van der Waals surface area contributed by atoms with Crippen LogP contribution in [-0.4, -0.2) is 0 Å². The molecule has 0 aliphatic heterocycles. The molecule has 0 aromatic heterocycles. The van der Waals surface area contributed by atoms with Crippen molar-refractivity contribution in [1.82, 2.24) is 5.32 Å². The lowest BCUT2D eigenvalue weighted by molar-refractivity contribution is -0.137. The third-order valence-electron chi connectivity index (χ3n) is 3.17. The van der Waals surface area contributed by atoms with Gasteiger partial charge in [-0.2, -0.15) is 13.2 Å². The van der Waals surface area contributed by atoms with E-state index in [9.17, 15) is 13.2 Å². The first-order valence-corrected chi connectivity index (χ1v) is 6.64. The Kier molecular flexibility index (Phi) is 4.98. The first kappa shape index (κ1) is 15.5. The second kappa shape index (κ2) is 6.74. The Hall–Kier alpha value is -1.85. The molecular formula is C16H17F3N2. The molecule has 0 unspecified atom stereocenters. The van der Waals surface area contributed by atoms with Crippen molar-refractivity contribution in [1.29, 1.82) is 0 Å². The Morgan fingerprint density at radius 1 is 0.857 bits per heavy atom. The minimum atomic E-state index is -4.30. The highest BCUT2D eigenvalue weighted by Crippen LogP contribution is 2.29. The van der Waals surface area contributed by atoms with E-state index in [1.54, 1.807) is 6.07 Å². The summed E-state index contributed by atoms with van der Waals surface area (Å²) < 4.78 is 37.8. The topological polar surface area (TPSA) is 38.0 Å².